The minimum Gasteiger partial charge on any atom is -0.381 e. The zero-order valence-electron chi connectivity index (χ0n) is 11.8. The molecule has 1 unspecified atom stereocenters. The van der Waals surface area contributed by atoms with Crippen LogP contribution in [0.5, 0.6) is 0 Å². The molecule has 1 aliphatic rings. The highest BCUT2D eigenvalue weighted by Gasteiger charge is 2.23. The number of hydrogen-bond donors (Lipinski definition) is 1. The molecule has 1 aromatic rings. The number of benzene rings is 1. The van der Waals surface area contributed by atoms with E-state index in [9.17, 15) is 0 Å². The fourth-order valence-electron chi connectivity index (χ4n) is 3.01. The van der Waals surface area contributed by atoms with Crippen molar-refractivity contribution in [1.82, 2.24) is 5.32 Å². The van der Waals surface area contributed by atoms with Crippen LogP contribution >= 0.6 is 0 Å². The highest BCUT2D eigenvalue weighted by molar-refractivity contribution is 5.34. The molecule has 18 heavy (non-hydrogen) atoms. The quantitative estimate of drug-likeness (QED) is 0.883. The van der Waals surface area contributed by atoms with Gasteiger partial charge in [-0.1, -0.05) is 18.2 Å². The molecule has 1 aliphatic heterocycles. The Morgan fingerprint density at radius 1 is 1.22 bits per heavy atom. The first-order chi connectivity index (χ1) is 8.72. The molecule has 2 rings (SSSR count). The molecule has 1 aromatic carbocycles. The Morgan fingerprint density at radius 3 is 2.39 bits per heavy atom. The average molecular weight is 247 g/mol. The smallest absolute Gasteiger partial charge is 0.0469 e. The molecular weight excluding hydrogens is 222 g/mol. The lowest BCUT2D eigenvalue weighted by atomic mass is 9.85. The van der Waals surface area contributed by atoms with E-state index >= 15 is 0 Å². The summed E-state index contributed by atoms with van der Waals surface area (Å²) >= 11 is 0. The lowest BCUT2D eigenvalue weighted by molar-refractivity contribution is 0.0547. The third kappa shape index (κ3) is 3.12. The second kappa shape index (κ2) is 6.35. The molecule has 0 amide bonds. The SMILES string of the molecule is CNC(Cc1c(C)cccc1C)C1CCOCC1. The molecule has 1 N–H and O–H groups in total. The highest BCUT2D eigenvalue weighted by Crippen LogP contribution is 2.24. The van der Waals surface area contributed by atoms with E-state index in [-0.39, 0.29) is 0 Å². The zero-order chi connectivity index (χ0) is 13.0. The van der Waals surface area contributed by atoms with Crippen LogP contribution in [0, 0.1) is 19.8 Å². The largest absolute Gasteiger partial charge is 0.381 e. The van der Waals surface area contributed by atoms with E-state index in [0.29, 0.717) is 6.04 Å². The standard InChI is InChI=1S/C16H25NO/c1-12-5-4-6-13(2)15(12)11-16(17-3)14-7-9-18-10-8-14/h4-6,14,16-17H,7-11H2,1-3H3. The van der Waals surface area contributed by atoms with Gasteiger partial charge in [0.2, 0.25) is 0 Å². The fourth-order valence-corrected chi connectivity index (χ4v) is 3.01. The topological polar surface area (TPSA) is 21.3 Å². The van der Waals surface area contributed by atoms with E-state index in [0.717, 1.165) is 25.6 Å². The summed E-state index contributed by atoms with van der Waals surface area (Å²) in [6.07, 6.45) is 3.52. The minimum absolute atomic E-state index is 0.578. The van der Waals surface area contributed by atoms with Crippen molar-refractivity contribution in [3.63, 3.8) is 0 Å². The van der Waals surface area contributed by atoms with Crippen molar-refractivity contribution in [2.45, 2.75) is 39.2 Å². The Morgan fingerprint density at radius 2 is 1.83 bits per heavy atom. The Balaban J connectivity index is 2.09. The van der Waals surface area contributed by atoms with Crippen molar-refractivity contribution in [3.05, 3.63) is 34.9 Å². The molecule has 0 saturated carbocycles. The van der Waals surface area contributed by atoms with Gasteiger partial charge in [-0.15, -0.1) is 0 Å². The number of likely N-dealkylation sites (N-methyl/N-ethyl adjacent to an activating group) is 1. The van der Waals surface area contributed by atoms with Crippen LogP contribution in [0.4, 0.5) is 0 Å². The minimum atomic E-state index is 0.578. The van der Waals surface area contributed by atoms with Crippen molar-refractivity contribution in [1.29, 1.82) is 0 Å². The summed E-state index contributed by atoms with van der Waals surface area (Å²) < 4.78 is 5.46. The molecule has 0 aromatic heterocycles. The summed E-state index contributed by atoms with van der Waals surface area (Å²) in [5.74, 6) is 0.753. The number of rotatable bonds is 4. The number of hydrogen-bond acceptors (Lipinski definition) is 2. The van der Waals surface area contributed by atoms with Crippen molar-refractivity contribution in [2.75, 3.05) is 20.3 Å². The summed E-state index contributed by atoms with van der Waals surface area (Å²) in [4.78, 5) is 0. The van der Waals surface area contributed by atoms with Crippen LogP contribution in [0.3, 0.4) is 0 Å². The van der Waals surface area contributed by atoms with Gasteiger partial charge in [0.1, 0.15) is 0 Å². The Labute approximate surface area is 111 Å². The second-order valence-electron chi connectivity index (χ2n) is 5.42. The van der Waals surface area contributed by atoms with E-state index in [1.807, 2.05) is 0 Å². The molecule has 100 valence electrons. The van der Waals surface area contributed by atoms with E-state index in [4.69, 9.17) is 4.74 Å². The van der Waals surface area contributed by atoms with Gasteiger partial charge >= 0.3 is 0 Å². The first-order valence-electron chi connectivity index (χ1n) is 7.02. The normalized spacial score (nSPS) is 18.8. The van der Waals surface area contributed by atoms with Gasteiger partial charge in [-0.3, -0.25) is 0 Å². The number of ether oxygens (including phenoxy) is 1. The number of nitrogens with one attached hydrogen (secondary N) is 1. The predicted molar refractivity (Wildman–Crippen MR) is 76.0 cm³/mol. The molecule has 0 bridgehead atoms. The first-order valence-corrected chi connectivity index (χ1v) is 7.02. The van der Waals surface area contributed by atoms with Gasteiger partial charge in [-0.2, -0.15) is 0 Å². The number of aryl methyl sites for hydroxylation is 2. The Bertz CT molecular complexity index is 362. The van der Waals surface area contributed by atoms with E-state index in [2.05, 4.69) is 44.4 Å². The molecule has 1 fully saturated rings. The van der Waals surface area contributed by atoms with Crippen LogP contribution in [-0.2, 0) is 11.2 Å². The maximum atomic E-state index is 5.46. The maximum Gasteiger partial charge on any atom is 0.0469 e. The van der Waals surface area contributed by atoms with E-state index < -0.39 is 0 Å². The molecule has 1 heterocycles. The van der Waals surface area contributed by atoms with Crippen LogP contribution < -0.4 is 5.32 Å². The highest BCUT2D eigenvalue weighted by atomic mass is 16.5. The first kappa shape index (κ1) is 13.6. The third-order valence-corrected chi connectivity index (χ3v) is 4.27. The van der Waals surface area contributed by atoms with Gasteiger partial charge in [0, 0.05) is 19.3 Å². The van der Waals surface area contributed by atoms with Crippen LogP contribution in [0.15, 0.2) is 18.2 Å². The molecular formula is C16H25NO. The molecule has 0 radical (unpaired) electrons. The zero-order valence-corrected chi connectivity index (χ0v) is 11.8. The van der Waals surface area contributed by atoms with E-state index in [1.165, 1.54) is 29.5 Å². The van der Waals surface area contributed by atoms with Crippen molar-refractivity contribution in [2.24, 2.45) is 5.92 Å². The van der Waals surface area contributed by atoms with Crippen LogP contribution in [-0.4, -0.2) is 26.3 Å². The van der Waals surface area contributed by atoms with E-state index in [1.54, 1.807) is 0 Å². The predicted octanol–water partition coefficient (Wildman–Crippen LogP) is 2.86. The summed E-state index contributed by atoms with van der Waals surface area (Å²) in [7, 11) is 2.09. The van der Waals surface area contributed by atoms with Gasteiger partial charge in [0.15, 0.2) is 0 Å². The summed E-state index contributed by atoms with van der Waals surface area (Å²) in [5, 5.41) is 3.52. The third-order valence-electron chi connectivity index (χ3n) is 4.27. The molecule has 2 nitrogen and oxygen atoms in total. The summed E-state index contributed by atoms with van der Waals surface area (Å²) in [5.41, 5.74) is 4.35. The monoisotopic (exact) mass is 247 g/mol. The molecule has 1 atom stereocenters. The second-order valence-corrected chi connectivity index (χ2v) is 5.42. The van der Waals surface area contributed by atoms with Gasteiger partial charge < -0.3 is 10.1 Å². The van der Waals surface area contributed by atoms with Gasteiger partial charge in [0.25, 0.3) is 0 Å². The fraction of sp³-hybridized carbons (Fsp3) is 0.625. The summed E-state index contributed by atoms with van der Waals surface area (Å²) in [6.45, 7) is 6.29. The summed E-state index contributed by atoms with van der Waals surface area (Å²) in [6, 6.07) is 7.17. The Hall–Kier alpha value is -0.860. The lowest BCUT2D eigenvalue weighted by Crippen LogP contribution is -2.38. The molecule has 2 heteroatoms. The molecule has 0 spiro atoms. The van der Waals surface area contributed by atoms with Crippen LogP contribution in [0.25, 0.3) is 0 Å². The van der Waals surface area contributed by atoms with Crippen molar-refractivity contribution in [3.8, 4) is 0 Å². The van der Waals surface area contributed by atoms with Gasteiger partial charge in [-0.25, -0.2) is 0 Å². The maximum absolute atomic E-state index is 5.46. The van der Waals surface area contributed by atoms with Gasteiger partial charge in [0.05, 0.1) is 0 Å². The van der Waals surface area contributed by atoms with Crippen molar-refractivity contribution < 1.29 is 4.74 Å². The molecule has 0 aliphatic carbocycles. The van der Waals surface area contributed by atoms with Crippen molar-refractivity contribution >= 4 is 0 Å². The van der Waals surface area contributed by atoms with Crippen LogP contribution in [0.2, 0.25) is 0 Å². The average Bonchev–Trinajstić information content (AvgIpc) is 2.40. The lowest BCUT2D eigenvalue weighted by Gasteiger charge is -2.31. The van der Waals surface area contributed by atoms with Crippen LogP contribution in [0.1, 0.15) is 29.5 Å². The van der Waals surface area contributed by atoms with Gasteiger partial charge in [-0.05, 0) is 62.8 Å². The molecule has 1 saturated heterocycles. The Kier molecular flexibility index (Phi) is 4.79.